The third-order valence-electron chi connectivity index (χ3n) is 3.91. The highest BCUT2D eigenvalue weighted by atomic mass is 32.2. The van der Waals surface area contributed by atoms with Gasteiger partial charge < -0.3 is 10.1 Å². The number of nitrogens with zero attached hydrogens (tertiary/aromatic N) is 1. The Morgan fingerprint density at radius 1 is 1.18 bits per heavy atom. The average molecular weight is 404 g/mol. The smallest absolute Gasteiger partial charge is 0.328 e. The van der Waals surface area contributed by atoms with E-state index in [9.17, 15) is 23.9 Å². The Bertz CT molecular complexity index is 872. The van der Waals surface area contributed by atoms with Gasteiger partial charge in [-0.25, -0.2) is 4.79 Å². The molecule has 0 aliphatic carbocycles. The van der Waals surface area contributed by atoms with E-state index in [0.717, 1.165) is 0 Å². The zero-order valence-corrected chi connectivity index (χ0v) is 16.0. The number of esters is 1. The van der Waals surface area contributed by atoms with Gasteiger partial charge in [-0.05, 0) is 24.1 Å². The van der Waals surface area contributed by atoms with Gasteiger partial charge in [-0.15, -0.1) is 0 Å². The molecule has 0 radical (unpaired) electrons. The molecule has 1 N–H and O–H groups in total. The first-order valence-corrected chi connectivity index (χ1v) is 9.76. The Kier molecular flexibility index (Phi) is 7.82. The average Bonchev–Trinajstić information content (AvgIpc) is 2.71. The lowest BCUT2D eigenvalue weighted by molar-refractivity contribution is -0.384. The van der Waals surface area contributed by atoms with Crippen LogP contribution < -0.4 is 5.32 Å². The number of carbonyl (C=O) groups excluding carboxylic acids is 2. The van der Waals surface area contributed by atoms with Crippen LogP contribution in [0.5, 0.6) is 0 Å². The molecule has 0 aromatic heterocycles. The number of amides is 1. The minimum absolute atomic E-state index is 0.118. The summed E-state index contributed by atoms with van der Waals surface area (Å²) in [6, 6.07) is 13.6. The van der Waals surface area contributed by atoms with Crippen LogP contribution in [0.15, 0.2) is 59.5 Å². The molecule has 2 rings (SSSR count). The minimum Gasteiger partial charge on any atom is -0.467 e. The molecule has 0 fully saturated rings. The molecule has 148 valence electrons. The van der Waals surface area contributed by atoms with Crippen molar-refractivity contribution < 1.29 is 23.5 Å². The Hall–Kier alpha value is -3.07. The largest absolute Gasteiger partial charge is 0.467 e. The van der Waals surface area contributed by atoms with E-state index in [-0.39, 0.29) is 24.3 Å². The van der Waals surface area contributed by atoms with Crippen molar-refractivity contribution in [1.29, 1.82) is 0 Å². The van der Waals surface area contributed by atoms with E-state index >= 15 is 0 Å². The van der Waals surface area contributed by atoms with E-state index in [2.05, 4.69) is 5.32 Å². The minimum atomic E-state index is -1.32. The monoisotopic (exact) mass is 404 g/mol. The lowest BCUT2D eigenvalue weighted by atomic mass is 10.1. The summed E-state index contributed by atoms with van der Waals surface area (Å²) in [6.07, 6.45) is 0.00576. The molecule has 2 aromatic carbocycles. The normalized spacial score (nSPS) is 12.6. The van der Waals surface area contributed by atoms with E-state index in [0.29, 0.717) is 10.5 Å². The van der Waals surface area contributed by atoms with Crippen molar-refractivity contribution in [1.82, 2.24) is 5.32 Å². The van der Waals surface area contributed by atoms with E-state index in [1.807, 2.05) is 6.07 Å². The third kappa shape index (κ3) is 6.27. The van der Waals surface area contributed by atoms with E-state index in [4.69, 9.17) is 4.74 Å². The molecule has 0 unspecified atom stereocenters. The number of methoxy groups -OCH3 is 1. The Morgan fingerprint density at radius 3 is 2.54 bits per heavy atom. The van der Waals surface area contributed by atoms with Crippen LogP contribution in [0.4, 0.5) is 5.69 Å². The van der Waals surface area contributed by atoms with Crippen LogP contribution in [-0.2, 0) is 31.5 Å². The third-order valence-corrected chi connectivity index (χ3v) is 5.31. The number of nitro groups is 1. The number of ether oxygens (including phenoxy) is 1. The van der Waals surface area contributed by atoms with Gasteiger partial charge in [-0.1, -0.05) is 30.3 Å². The molecule has 0 spiro atoms. The second-order valence-electron chi connectivity index (χ2n) is 5.90. The van der Waals surface area contributed by atoms with Crippen molar-refractivity contribution in [2.45, 2.75) is 23.8 Å². The zero-order chi connectivity index (χ0) is 20.5. The summed E-state index contributed by atoms with van der Waals surface area (Å²) < 4.78 is 17.0. The van der Waals surface area contributed by atoms with Crippen molar-refractivity contribution in [2.75, 3.05) is 12.9 Å². The predicted octanol–water partition coefficient (Wildman–Crippen LogP) is 1.99. The number of nitro benzene ring substituents is 1. The summed E-state index contributed by atoms with van der Waals surface area (Å²) in [5, 5.41) is 13.4. The molecule has 0 heterocycles. The molecule has 0 saturated carbocycles. The van der Waals surface area contributed by atoms with Gasteiger partial charge >= 0.3 is 5.97 Å². The van der Waals surface area contributed by atoms with Crippen LogP contribution in [-0.4, -0.2) is 39.9 Å². The summed E-state index contributed by atoms with van der Waals surface area (Å²) >= 11 is 0. The Balaban J connectivity index is 1.98. The molecule has 8 nitrogen and oxygen atoms in total. The molecular formula is C19H20N2O6S. The quantitative estimate of drug-likeness (QED) is 0.388. The fraction of sp³-hybridized carbons (Fsp3) is 0.263. The first kappa shape index (κ1) is 21.2. The second kappa shape index (κ2) is 10.3. The molecule has 9 heteroatoms. The van der Waals surface area contributed by atoms with Crippen LogP contribution in [0.1, 0.15) is 12.0 Å². The SMILES string of the molecule is COC(=O)[C@H](CC[S@](=O)c1ccccc1)NC(=O)Cc1cccc([N+](=O)[O-])c1. The van der Waals surface area contributed by atoms with E-state index in [1.54, 1.807) is 30.3 Å². The van der Waals surface area contributed by atoms with Gasteiger partial charge in [0.25, 0.3) is 5.69 Å². The molecule has 28 heavy (non-hydrogen) atoms. The molecule has 0 aliphatic heterocycles. The molecule has 1 amide bonds. The van der Waals surface area contributed by atoms with Crippen molar-refractivity contribution >= 4 is 28.4 Å². The van der Waals surface area contributed by atoms with Crippen LogP contribution in [0.3, 0.4) is 0 Å². The fourth-order valence-electron chi connectivity index (χ4n) is 2.52. The van der Waals surface area contributed by atoms with Crippen LogP contribution in [0.2, 0.25) is 0 Å². The highest BCUT2D eigenvalue weighted by molar-refractivity contribution is 7.85. The highest BCUT2D eigenvalue weighted by Crippen LogP contribution is 2.14. The summed E-state index contributed by atoms with van der Waals surface area (Å²) in [6.45, 7) is 0. The van der Waals surface area contributed by atoms with Crippen molar-refractivity contribution in [3.63, 3.8) is 0 Å². The second-order valence-corrected chi connectivity index (χ2v) is 7.47. The highest BCUT2D eigenvalue weighted by Gasteiger charge is 2.23. The standard InChI is InChI=1S/C19H20N2O6S/c1-27-19(23)17(10-11-28(26)16-8-3-2-4-9-16)20-18(22)13-14-6-5-7-15(12-14)21(24)25/h2-9,12,17H,10-11,13H2,1H3,(H,20,22)/t17-,28-/m0/s1. The Morgan fingerprint density at radius 2 is 1.89 bits per heavy atom. The maximum Gasteiger partial charge on any atom is 0.328 e. The number of rotatable bonds is 9. The number of hydrogen-bond donors (Lipinski definition) is 1. The van der Waals surface area contributed by atoms with Gasteiger partial charge in [0.15, 0.2) is 0 Å². The van der Waals surface area contributed by atoms with Crippen molar-refractivity contribution in [2.24, 2.45) is 0 Å². The molecular weight excluding hydrogens is 384 g/mol. The molecule has 2 atom stereocenters. The maximum absolute atomic E-state index is 12.3. The molecule has 0 bridgehead atoms. The van der Waals surface area contributed by atoms with E-state index in [1.165, 1.54) is 25.3 Å². The zero-order valence-electron chi connectivity index (χ0n) is 15.2. The van der Waals surface area contributed by atoms with Gasteiger partial charge in [0.1, 0.15) is 6.04 Å². The predicted molar refractivity (Wildman–Crippen MR) is 103 cm³/mol. The fourth-order valence-corrected chi connectivity index (χ4v) is 3.66. The van der Waals surface area contributed by atoms with Gasteiger partial charge in [0, 0.05) is 22.8 Å². The lowest BCUT2D eigenvalue weighted by Gasteiger charge is -2.16. The topological polar surface area (TPSA) is 116 Å². The van der Waals surface area contributed by atoms with Crippen LogP contribution >= 0.6 is 0 Å². The molecule has 0 aliphatic rings. The maximum atomic E-state index is 12.3. The van der Waals surface area contributed by atoms with Gasteiger partial charge in [-0.2, -0.15) is 0 Å². The number of non-ortho nitro benzene ring substituents is 1. The van der Waals surface area contributed by atoms with Crippen molar-refractivity contribution in [3.8, 4) is 0 Å². The summed E-state index contributed by atoms with van der Waals surface area (Å²) in [7, 11) is -0.113. The lowest BCUT2D eigenvalue weighted by Crippen LogP contribution is -2.43. The van der Waals surface area contributed by atoms with Crippen LogP contribution in [0.25, 0.3) is 0 Å². The summed E-state index contributed by atoms with van der Waals surface area (Å²) in [4.78, 5) is 35.2. The van der Waals surface area contributed by atoms with Gasteiger partial charge in [0.2, 0.25) is 5.91 Å². The van der Waals surface area contributed by atoms with Gasteiger partial charge in [0.05, 0.1) is 29.3 Å². The first-order chi connectivity index (χ1) is 13.4. The number of nitrogens with one attached hydrogen (secondary N) is 1. The molecule has 0 saturated heterocycles. The number of carbonyl (C=O) groups is 2. The number of benzene rings is 2. The van der Waals surface area contributed by atoms with Crippen molar-refractivity contribution in [3.05, 3.63) is 70.3 Å². The van der Waals surface area contributed by atoms with E-state index < -0.39 is 33.6 Å². The van der Waals surface area contributed by atoms with Crippen LogP contribution in [0, 0.1) is 10.1 Å². The summed E-state index contributed by atoms with van der Waals surface area (Å²) in [5.74, 6) is -0.959. The Labute approximate surface area is 164 Å². The number of hydrogen-bond acceptors (Lipinski definition) is 6. The molecule has 2 aromatic rings. The first-order valence-electron chi connectivity index (χ1n) is 8.44. The van der Waals surface area contributed by atoms with Gasteiger partial charge in [-0.3, -0.25) is 19.1 Å². The summed E-state index contributed by atoms with van der Waals surface area (Å²) in [5.41, 5.74) is 0.330.